The van der Waals surface area contributed by atoms with Gasteiger partial charge < -0.3 is 4.90 Å². The summed E-state index contributed by atoms with van der Waals surface area (Å²) in [6.45, 7) is 1.81. The third-order valence-corrected chi connectivity index (χ3v) is 12.6. The molecule has 0 radical (unpaired) electrons. The number of para-hydroxylation sites is 1. The van der Waals surface area contributed by atoms with Crippen LogP contribution >= 0.6 is 11.6 Å². The molecule has 0 fully saturated rings. The van der Waals surface area contributed by atoms with E-state index in [9.17, 15) is 16.8 Å². The molecule has 7 nitrogen and oxygen atoms in total. The second-order valence-electron chi connectivity index (χ2n) is 12.0. The number of hydrogen-bond donors (Lipinski definition) is 0. The van der Waals surface area contributed by atoms with Crippen molar-refractivity contribution in [2.45, 2.75) is 28.9 Å². The van der Waals surface area contributed by atoms with Gasteiger partial charge in [-0.25, -0.2) is 20.8 Å². The van der Waals surface area contributed by atoms with Gasteiger partial charge in [-0.1, -0.05) is 109 Å². The van der Waals surface area contributed by atoms with Crippen molar-refractivity contribution in [2.75, 3.05) is 13.1 Å². The monoisotopic (exact) mass is 707 g/mol. The molecule has 2 heterocycles. The quantitative estimate of drug-likeness (QED) is 0.152. The molecule has 0 spiro atoms. The Balaban J connectivity index is 1.51. The molecule has 5 aromatic carbocycles. The van der Waals surface area contributed by atoms with Crippen LogP contribution in [0.5, 0.6) is 0 Å². The van der Waals surface area contributed by atoms with Crippen molar-refractivity contribution >= 4 is 42.4 Å². The van der Waals surface area contributed by atoms with Crippen molar-refractivity contribution in [2.24, 2.45) is 0 Å². The van der Waals surface area contributed by atoms with Crippen LogP contribution in [0.3, 0.4) is 0 Å². The Morgan fingerprint density at radius 3 is 1.84 bits per heavy atom. The van der Waals surface area contributed by atoms with Crippen LogP contribution in [0.2, 0.25) is 5.02 Å². The number of fused-ring (bicyclic) bond motifs is 1. The Hall–Kier alpha value is -4.67. The van der Waals surface area contributed by atoms with Crippen LogP contribution in [0.1, 0.15) is 22.9 Å². The van der Waals surface area contributed by atoms with Gasteiger partial charge in [0.15, 0.2) is 0 Å². The third-order valence-electron chi connectivity index (χ3n) is 8.77. The van der Waals surface area contributed by atoms with Crippen LogP contribution in [0.25, 0.3) is 10.9 Å². The summed E-state index contributed by atoms with van der Waals surface area (Å²) in [4.78, 5) is 4.34. The Morgan fingerprint density at radius 2 is 1.18 bits per heavy atom. The van der Waals surface area contributed by atoms with Gasteiger partial charge in [0, 0.05) is 42.8 Å². The van der Waals surface area contributed by atoms with E-state index in [0.717, 1.165) is 11.1 Å². The fourth-order valence-corrected chi connectivity index (χ4v) is 9.73. The zero-order valence-electron chi connectivity index (χ0n) is 26.5. The Kier molecular flexibility index (Phi) is 9.17. The molecule has 1 aliphatic heterocycles. The van der Waals surface area contributed by atoms with Crippen LogP contribution in [-0.4, -0.2) is 43.7 Å². The third kappa shape index (κ3) is 6.67. The molecular weight excluding hydrogens is 674 g/mol. The highest BCUT2D eigenvalue weighted by Gasteiger charge is 2.40. The summed E-state index contributed by atoms with van der Waals surface area (Å²) in [6.07, 6.45) is 1.71. The van der Waals surface area contributed by atoms with Gasteiger partial charge in [-0.3, -0.25) is 4.90 Å². The minimum Gasteiger partial charge on any atom is -0.371 e. The molecular formula is C39H34ClN3O4S2. The second-order valence-corrected chi connectivity index (χ2v) is 16.2. The Bertz CT molecular complexity index is 2330. The van der Waals surface area contributed by atoms with Crippen LogP contribution in [0.15, 0.2) is 166 Å². The lowest BCUT2D eigenvalue weighted by Crippen LogP contribution is -2.35. The summed E-state index contributed by atoms with van der Waals surface area (Å²) < 4.78 is 60.5. The molecule has 0 aliphatic carbocycles. The van der Waals surface area contributed by atoms with E-state index < -0.39 is 25.9 Å². The molecule has 1 aromatic heterocycles. The molecule has 7 rings (SSSR count). The number of aromatic nitrogens is 1. The highest BCUT2D eigenvalue weighted by atomic mass is 35.5. The summed E-state index contributed by atoms with van der Waals surface area (Å²) >= 11 is 6.20. The van der Waals surface area contributed by atoms with E-state index in [1.165, 1.54) is 16.1 Å². The van der Waals surface area contributed by atoms with Crippen LogP contribution in [0, 0.1) is 0 Å². The van der Waals surface area contributed by atoms with E-state index in [1.54, 1.807) is 60.8 Å². The normalized spacial score (nSPS) is 16.0. The first kappa shape index (κ1) is 32.9. The van der Waals surface area contributed by atoms with Gasteiger partial charge in [-0.15, -0.1) is 0 Å². The number of hydrogen-bond acceptors (Lipinski definition) is 6. The van der Waals surface area contributed by atoms with Crippen molar-refractivity contribution in [1.29, 1.82) is 0 Å². The maximum Gasteiger partial charge on any atom is 0.268 e. The first-order chi connectivity index (χ1) is 23.7. The maximum atomic E-state index is 15.0. The van der Waals surface area contributed by atoms with Gasteiger partial charge in [0.2, 0.25) is 9.84 Å². The molecule has 0 amide bonds. The predicted octanol–water partition coefficient (Wildman–Crippen LogP) is 7.91. The lowest BCUT2D eigenvalue weighted by molar-refractivity contribution is 0.203. The fourth-order valence-electron chi connectivity index (χ4n) is 6.42. The zero-order chi connectivity index (χ0) is 34.0. The van der Waals surface area contributed by atoms with Crippen molar-refractivity contribution in [3.63, 3.8) is 0 Å². The number of benzene rings is 5. The van der Waals surface area contributed by atoms with Gasteiger partial charge in [0.1, 0.15) is 0 Å². The summed E-state index contributed by atoms with van der Waals surface area (Å²) in [7, 11) is -8.38. The van der Waals surface area contributed by atoms with Crippen LogP contribution < -0.4 is 0 Å². The summed E-state index contributed by atoms with van der Waals surface area (Å²) in [5.41, 5.74) is 2.80. The van der Waals surface area contributed by atoms with Crippen molar-refractivity contribution < 1.29 is 16.8 Å². The second kappa shape index (κ2) is 13.7. The van der Waals surface area contributed by atoms with E-state index in [1.807, 2.05) is 83.8 Å². The maximum absolute atomic E-state index is 15.0. The van der Waals surface area contributed by atoms with E-state index in [4.69, 9.17) is 11.6 Å². The minimum absolute atomic E-state index is 0.0722. The lowest BCUT2D eigenvalue weighted by Gasteiger charge is -2.32. The van der Waals surface area contributed by atoms with Gasteiger partial charge in [-0.2, -0.15) is 0 Å². The zero-order valence-corrected chi connectivity index (χ0v) is 28.9. The number of rotatable bonds is 9. The van der Waals surface area contributed by atoms with Gasteiger partial charge in [0.05, 0.1) is 31.9 Å². The number of nitrogens with zero attached hydrogens (tertiary/aromatic N) is 3. The molecule has 0 saturated heterocycles. The van der Waals surface area contributed by atoms with Crippen molar-refractivity contribution in [3.8, 4) is 0 Å². The topological polar surface area (TPSA) is 79.7 Å². The average Bonchev–Trinajstić information content (AvgIpc) is 3.42. The molecule has 6 aromatic rings. The van der Waals surface area contributed by atoms with Crippen LogP contribution in [0.4, 0.5) is 0 Å². The van der Waals surface area contributed by atoms with E-state index in [2.05, 4.69) is 4.90 Å². The Morgan fingerprint density at radius 1 is 0.612 bits per heavy atom. The van der Waals surface area contributed by atoms with Crippen molar-refractivity contribution in [1.82, 2.24) is 13.8 Å². The largest absolute Gasteiger partial charge is 0.371 e. The summed E-state index contributed by atoms with van der Waals surface area (Å²) in [5.74, 6) is 0. The Labute approximate surface area is 292 Å². The van der Waals surface area contributed by atoms with Gasteiger partial charge in [-0.05, 0) is 59.7 Å². The molecule has 1 aliphatic rings. The van der Waals surface area contributed by atoms with Gasteiger partial charge in [0.25, 0.3) is 10.0 Å². The van der Waals surface area contributed by atoms with E-state index >= 15 is 0 Å². The molecule has 49 heavy (non-hydrogen) atoms. The minimum atomic E-state index is -4.20. The molecule has 10 heteroatoms. The van der Waals surface area contributed by atoms with Crippen LogP contribution in [-0.2, 0) is 33.0 Å². The molecule has 248 valence electrons. The van der Waals surface area contributed by atoms with Gasteiger partial charge >= 0.3 is 0 Å². The summed E-state index contributed by atoms with van der Waals surface area (Å²) in [6, 6.07) is 42.2. The smallest absolute Gasteiger partial charge is 0.268 e. The standard InChI is InChI=1S/C39H34ClN3O4S2/c40-33-20-22-34(23-21-33)48(44,45)38-29-41(27-30-12-4-1-5-13-30)24-25-42(28-31-14-6-2-7-15-31)39(38)37-26-32-16-10-11-19-36(32)43(37)49(46,47)35-17-8-3-9-18-35/h1-23,26,29,39H,24-25,27-28H2. The predicted molar refractivity (Wildman–Crippen MR) is 194 cm³/mol. The number of sulfone groups is 1. The molecule has 1 unspecified atom stereocenters. The van der Waals surface area contributed by atoms with Crippen molar-refractivity contribution in [3.05, 3.63) is 179 Å². The fraction of sp³-hybridized carbons (Fsp3) is 0.128. The van der Waals surface area contributed by atoms with E-state index in [-0.39, 0.29) is 14.7 Å². The molecule has 0 N–H and O–H groups in total. The average molecular weight is 708 g/mol. The SMILES string of the molecule is O=S(=O)(C1=CN(Cc2ccccc2)CCN(Cc2ccccc2)C1c1cc2ccccc2n1S(=O)(=O)c1ccccc1)c1ccc(Cl)cc1. The first-order valence-corrected chi connectivity index (χ1v) is 19.2. The molecule has 0 bridgehead atoms. The van der Waals surface area contributed by atoms with E-state index in [0.29, 0.717) is 47.8 Å². The highest BCUT2D eigenvalue weighted by molar-refractivity contribution is 7.95. The summed E-state index contributed by atoms with van der Waals surface area (Å²) in [5, 5.41) is 1.10. The highest BCUT2D eigenvalue weighted by Crippen LogP contribution is 2.42. The molecule has 0 saturated carbocycles. The number of halogens is 1. The molecule has 1 atom stereocenters. The lowest BCUT2D eigenvalue weighted by atomic mass is 10.1. The first-order valence-electron chi connectivity index (χ1n) is 15.9.